The van der Waals surface area contributed by atoms with Crippen LogP contribution < -0.4 is 0 Å². The molecule has 2 heteroatoms. The molecule has 0 amide bonds. The standard InChI is InChI=1S/C12H19NO/c1-3-5-6-7-8-9-11-12(13-14)10-4-2/h3,5-9,14H,4,10-11H2,1-2H3. The van der Waals surface area contributed by atoms with Crippen LogP contribution >= 0.6 is 0 Å². The quantitative estimate of drug-likeness (QED) is 0.297. The summed E-state index contributed by atoms with van der Waals surface area (Å²) in [7, 11) is 0. The number of hydrogen-bond acceptors (Lipinski definition) is 2. The van der Waals surface area contributed by atoms with Crippen LogP contribution in [0, 0.1) is 0 Å². The Morgan fingerprint density at radius 2 is 1.93 bits per heavy atom. The van der Waals surface area contributed by atoms with E-state index in [4.69, 9.17) is 5.21 Å². The Kier molecular flexibility index (Phi) is 8.86. The number of oxime groups is 1. The van der Waals surface area contributed by atoms with Gasteiger partial charge in [0.05, 0.1) is 5.71 Å². The van der Waals surface area contributed by atoms with Crippen LogP contribution in [-0.2, 0) is 0 Å². The van der Waals surface area contributed by atoms with E-state index in [2.05, 4.69) is 12.1 Å². The second-order valence-electron chi connectivity index (χ2n) is 2.96. The van der Waals surface area contributed by atoms with E-state index in [9.17, 15) is 0 Å². The molecule has 0 aromatic rings. The largest absolute Gasteiger partial charge is 0.411 e. The second-order valence-corrected chi connectivity index (χ2v) is 2.96. The summed E-state index contributed by atoms with van der Waals surface area (Å²) in [4.78, 5) is 0. The maximum atomic E-state index is 8.62. The lowest BCUT2D eigenvalue weighted by Crippen LogP contribution is -1.94. The number of rotatable bonds is 6. The van der Waals surface area contributed by atoms with Gasteiger partial charge in [0, 0.05) is 6.42 Å². The smallest absolute Gasteiger partial charge is 0.0608 e. The first-order valence-corrected chi connectivity index (χ1v) is 4.99. The minimum Gasteiger partial charge on any atom is -0.411 e. The molecule has 0 aromatic carbocycles. The molecule has 0 rings (SSSR count). The fourth-order valence-corrected chi connectivity index (χ4v) is 1.00. The van der Waals surface area contributed by atoms with E-state index >= 15 is 0 Å². The van der Waals surface area contributed by atoms with Gasteiger partial charge in [-0.05, 0) is 13.3 Å². The lowest BCUT2D eigenvalue weighted by molar-refractivity contribution is 0.316. The van der Waals surface area contributed by atoms with Gasteiger partial charge in [-0.15, -0.1) is 0 Å². The highest BCUT2D eigenvalue weighted by molar-refractivity contribution is 5.85. The van der Waals surface area contributed by atoms with Crippen LogP contribution in [-0.4, -0.2) is 10.9 Å². The number of nitrogens with zero attached hydrogens (tertiary/aromatic N) is 1. The summed E-state index contributed by atoms with van der Waals surface area (Å²) in [6, 6.07) is 0. The van der Waals surface area contributed by atoms with Crippen LogP contribution in [0.5, 0.6) is 0 Å². The molecule has 0 saturated carbocycles. The third-order valence-electron chi connectivity index (χ3n) is 1.70. The molecule has 0 atom stereocenters. The molecule has 0 radical (unpaired) electrons. The molecular formula is C12H19NO. The zero-order chi connectivity index (χ0) is 10.6. The van der Waals surface area contributed by atoms with Gasteiger partial charge in [0.25, 0.3) is 0 Å². The minimum atomic E-state index is 0.727. The Morgan fingerprint density at radius 3 is 2.50 bits per heavy atom. The summed E-state index contributed by atoms with van der Waals surface area (Å²) in [5, 5.41) is 11.9. The highest BCUT2D eigenvalue weighted by atomic mass is 16.4. The maximum absolute atomic E-state index is 8.62. The zero-order valence-corrected chi connectivity index (χ0v) is 8.98. The molecule has 0 heterocycles. The summed E-state index contributed by atoms with van der Waals surface area (Å²) in [6.45, 7) is 4.05. The van der Waals surface area contributed by atoms with Gasteiger partial charge < -0.3 is 5.21 Å². The molecule has 0 aliphatic heterocycles. The predicted octanol–water partition coefficient (Wildman–Crippen LogP) is 3.70. The monoisotopic (exact) mass is 193 g/mol. The van der Waals surface area contributed by atoms with Crippen molar-refractivity contribution < 1.29 is 5.21 Å². The highest BCUT2D eigenvalue weighted by Gasteiger charge is 1.93. The summed E-state index contributed by atoms with van der Waals surface area (Å²) in [6.07, 6.45) is 14.4. The number of allylic oxidation sites excluding steroid dienone is 6. The Hall–Kier alpha value is -1.31. The van der Waals surface area contributed by atoms with Gasteiger partial charge in [-0.2, -0.15) is 0 Å². The summed E-state index contributed by atoms with van der Waals surface area (Å²) in [5.41, 5.74) is 0.836. The maximum Gasteiger partial charge on any atom is 0.0608 e. The van der Waals surface area contributed by atoms with Gasteiger partial charge in [0.1, 0.15) is 0 Å². The molecule has 0 saturated heterocycles. The topological polar surface area (TPSA) is 32.6 Å². The third-order valence-corrected chi connectivity index (χ3v) is 1.70. The average Bonchev–Trinajstić information content (AvgIpc) is 2.21. The van der Waals surface area contributed by atoms with Crippen molar-refractivity contribution in [3.05, 3.63) is 36.5 Å². The van der Waals surface area contributed by atoms with E-state index in [0.29, 0.717) is 0 Å². The summed E-state index contributed by atoms with van der Waals surface area (Å²) < 4.78 is 0. The van der Waals surface area contributed by atoms with Gasteiger partial charge in [0.2, 0.25) is 0 Å². The molecular weight excluding hydrogens is 174 g/mol. The van der Waals surface area contributed by atoms with Crippen LogP contribution in [0.15, 0.2) is 41.6 Å². The first kappa shape index (κ1) is 12.7. The van der Waals surface area contributed by atoms with Crippen LogP contribution in [0.4, 0.5) is 0 Å². The molecule has 0 unspecified atom stereocenters. The van der Waals surface area contributed by atoms with Crippen molar-refractivity contribution in [3.63, 3.8) is 0 Å². The number of hydrogen-bond donors (Lipinski definition) is 1. The zero-order valence-electron chi connectivity index (χ0n) is 8.98. The summed E-state index contributed by atoms with van der Waals surface area (Å²) >= 11 is 0. The van der Waals surface area contributed by atoms with Crippen LogP contribution in [0.25, 0.3) is 0 Å². The molecule has 1 N–H and O–H groups in total. The van der Waals surface area contributed by atoms with E-state index in [1.165, 1.54) is 0 Å². The lowest BCUT2D eigenvalue weighted by Gasteiger charge is -1.95. The first-order chi connectivity index (χ1) is 6.85. The van der Waals surface area contributed by atoms with E-state index in [-0.39, 0.29) is 0 Å². The Bertz CT molecular complexity index is 237. The minimum absolute atomic E-state index is 0.727. The molecule has 0 aliphatic rings. The molecule has 0 bridgehead atoms. The molecule has 14 heavy (non-hydrogen) atoms. The fourth-order valence-electron chi connectivity index (χ4n) is 1.00. The van der Waals surface area contributed by atoms with Crippen molar-refractivity contribution in [2.75, 3.05) is 0 Å². The van der Waals surface area contributed by atoms with Gasteiger partial charge >= 0.3 is 0 Å². The van der Waals surface area contributed by atoms with Crippen molar-refractivity contribution in [1.29, 1.82) is 0 Å². The van der Waals surface area contributed by atoms with Gasteiger partial charge in [-0.25, -0.2) is 0 Å². The predicted molar refractivity (Wildman–Crippen MR) is 61.8 cm³/mol. The Labute approximate surface area is 86.3 Å². The average molecular weight is 193 g/mol. The second kappa shape index (κ2) is 9.78. The Balaban J connectivity index is 3.79. The molecule has 0 spiro atoms. The van der Waals surface area contributed by atoms with E-state index in [0.717, 1.165) is 25.0 Å². The lowest BCUT2D eigenvalue weighted by atomic mass is 10.1. The normalized spacial score (nSPS) is 13.7. The molecule has 0 aromatic heterocycles. The summed E-state index contributed by atoms with van der Waals surface area (Å²) in [5.74, 6) is 0. The van der Waals surface area contributed by atoms with Gasteiger partial charge in [-0.1, -0.05) is 55.0 Å². The van der Waals surface area contributed by atoms with Crippen molar-refractivity contribution in [2.45, 2.75) is 33.1 Å². The van der Waals surface area contributed by atoms with E-state index in [1.54, 1.807) is 0 Å². The van der Waals surface area contributed by atoms with E-state index in [1.807, 2.05) is 43.4 Å². The molecule has 0 fully saturated rings. The van der Waals surface area contributed by atoms with Gasteiger partial charge in [-0.3, -0.25) is 0 Å². The molecule has 0 aliphatic carbocycles. The van der Waals surface area contributed by atoms with E-state index < -0.39 is 0 Å². The SMILES string of the molecule is CC=CC=CC=CCC(CCC)=NO. The van der Waals surface area contributed by atoms with Crippen LogP contribution in [0.2, 0.25) is 0 Å². The molecule has 78 valence electrons. The fraction of sp³-hybridized carbons (Fsp3) is 0.417. The Morgan fingerprint density at radius 1 is 1.21 bits per heavy atom. The van der Waals surface area contributed by atoms with Crippen molar-refractivity contribution in [1.82, 2.24) is 0 Å². The molecule has 2 nitrogen and oxygen atoms in total. The van der Waals surface area contributed by atoms with Crippen LogP contribution in [0.1, 0.15) is 33.1 Å². The highest BCUT2D eigenvalue weighted by Crippen LogP contribution is 1.98. The van der Waals surface area contributed by atoms with Crippen molar-refractivity contribution in [2.24, 2.45) is 5.16 Å². The van der Waals surface area contributed by atoms with Gasteiger partial charge in [0.15, 0.2) is 0 Å². The van der Waals surface area contributed by atoms with Crippen LogP contribution in [0.3, 0.4) is 0 Å². The third kappa shape index (κ3) is 7.35. The van der Waals surface area contributed by atoms with Crippen molar-refractivity contribution in [3.8, 4) is 0 Å². The first-order valence-electron chi connectivity index (χ1n) is 4.99. The van der Waals surface area contributed by atoms with Crippen molar-refractivity contribution >= 4 is 5.71 Å².